The number of benzene rings is 10. The molecule has 0 saturated heterocycles. The predicted octanol–water partition coefficient (Wildman–Crippen LogP) is 18.3. The van der Waals surface area contributed by atoms with Gasteiger partial charge in [0, 0.05) is 62.4 Å². The van der Waals surface area contributed by atoms with Gasteiger partial charge in [0.1, 0.15) is 0 Å². The van der Waals surface area contributed by atoms with Gasteiger partial charge in [0.15, 0.2) is 0 Å². The zero-order chi connectivity index (χ0) is 46.4. The molecule has 10 aromatic rings. The van der Waals surface area contributed by atoms with E-state index in [0.717, 1.165) is 90.3 Å². The number of nitrogens with zero attached hydrogens (tertiary/aromatic N) is 2. The van der Waals surface area contributed by atoms with Crippen LogP contribution < -0.4 is 20.4 Å². The van der Waals surface area contributed by atoms with Crippen molar-refractivity contribution in [2.24, 2.45) is 0 Å². The molecule has 4 heteroatoms. The van der Waals surface area contributed by atoms with Gasteiger partial charge in [-0.3, -0.25) is 0 Å². The van der Waals surface area contributed by atoms with E-state index in [2.05, 4.69) is 285 Å². The summed E-state index contributed by atoms with van der Waals surface area (Å²) in [5.41, 5.74) is 22.3. The lowest BCUT2D eigenvalue weighted by Gasteiger charge is -2.27. The van der Waals surface area contributed by atoms with Gasteiger partial charge in [-0.05, 0) is 193 Å². The number of nitrogens with one attached hydrogen (secondary N) is 2. The summed E-state index contributed by atoms with van der Waals surface area (Å²) in [5, 5.41) is 7.43. The third kappa shape index (κ3) is 9.53. The average molecular weight is 879 g/mol. The maximum absolute atomic E-state index is 3.85. The van der Waals surface area contributed by atoms with E-state index in [-0.39, 0.29) is 0 Å². The summed E-state index contributed by atoms with van der Waals surface area (Å²) in [6.45, 7) is 8.61. The number of rotatable bonds is 13. The standard InChI is InChI=1S/C64H54N4/c1-45-15-11-23-57(41-45)67(58-24-12-16-46(2)42-58)55-35-29-50(30-36-55)63-61(49-27-33-54(34-28-49)65-52-19-7-5-8-20-52)39-40-62(66-53-21-9-6-10-22-53)64(63)51-31-37-56(38-32-51)68(59-25-13-17-47(3)43-59)60-26-14-18-48(4)44-60/h5-44,65-66H,1-4H3. The van der Waals surface area contributed by atoms with Gasteiger partial charge < -0.3 is 20.4 Å². The summed E-state index contributed by atoms with van der Waals surface area (Å²) < 4.78 is 0. The summed E-state index contributed by atoms with van der Waals surface area (Å²) >= 11 is 0. The highest BCUT2D eigenvalue weighted by Gasteiger charge is 2.22. The first-order valence-electron chi connectivity index (χ1n) is 23.3. The SMILES string of the molecule is Cc1cccc(N(c2ccc(-c3c(Nc4ccccc4)ccc(-c4ccc(Nc5ccccc5)cc4)c3-c3ccc(N(c4cccc(C)c4)c4cccc(C)c4)cc3)cc2)c2cccc(C)c2)c1. The van der Waals surface area contributed by atoms with Crippen molar-refractivity contribution in [3.05, 3.63) is 265 Å². The molecule has 0 atom stereocenters. The number of hydrogen-bond donors (Lipinski definition) is 2. The summed E-state index contributed by atoms with van der Waals surface area (Å²) in [4.78, 5) is 4.70. The van der Waals surface area contributed by atoms with Gasteiger partial charge in [0.25, 0.3) is 0 Å². The van der Waals surface area contributed by atoms with Crippen LogP contribution in [0.25, 0.3) is 33.4 Å². The van der Waals surface area contributed by atoms with Gasteiger partial charge in [-0.2, -0.15) is 0 Å². The highest BCUT2D eigenvalue weighted by atomic mass is 15.1. The second-order valence-corrected chi connectivity index (χ2v) is 17.6. The lowest BCUT2D eigenvalue weighted by Crippen LogP contribution is -2.10. The fourth-order valence-corrected chi connectivity index (χ4v) is 9.16. The monoisotopic (exact) mass is 878 g/mol. The topological polar surface area (TPSA) is 30.5 Å². The van der Waals surface area contributed by atoms with Crippen molar-refractivity contribution in [2.75, 3.05) is 20.4 Å². The Bertz CT molecular complexity index is 3210. The predicted molar refractivity (Wildman–Crippen MR) is 291 cm³/mol. The zero-order valence-corrected chi connectivity index (χ0v) is 39.0. The first kappa shape index (κ1) is 43.3. The van der Waals surface area contributed by atoms with Gasteiger partial charge in [-0.15, -0.1) is 0 Å². The summed E-state index contributed by atoms with van der Waals surface area (Å²) in [6.07, 6.45) is 0. The minimum atomic E-state index is 1.02. The Morgan fingerprint density at radius 3 is 1.04 bits per heavy atom. The molecule has 330 valence electrons. The molecular weight excluding hydrogens is 825 g/mol. The van der Waals surface area contributed by atoms with Crippen molar-refractivity contribution >= 4 is 56.9 Å². The molecule has 0 radical (unpaired) electrons. The second-order valence-electron chi connectivity index (χ2n) is 17.6. The normalized spacial score (nSPS) is 10.9. The molecule has 2 N–H and O–H groups in total. The van der Waals surface area contributed by atoms with Crippen molar-refractivity contribution in [3.8, 4) is 33.4 Å². The van der Waals surface area contributed by atoms with Crippen molar-refractivity contribution in [1.82, 2.24) is 0 Å². The molecular formula is C64H54N4. The largest absolute Gasteiger partial charge is 0.356 e. The Kier molecular flexibility index (Phi) is 12.4. The lowest BCUT2D eigenvalue weighted by molar-refractivity contribution is 1.26. The van der Waals surface area contributed by atoms with Gasteiger partial charge in [-0.25, -0.2) is 0 Å². The first-order chi connectivity index (χ1) is 33.3. The van der Waals surface area contributed by atoms with E-state index in [9.17, 15) is 0 Å². The van der Waals surface area contributed by atoms with Crippen LogP contribution in [0.3, 0.4) is 0 Å². The molecule has 0 heterocycles. The van der Waals surface area contributed by atoms with Crippen molar-refractivity contribution < 1.29 is 0 Å². The maximum atomic E-state index is 3.85. The minimum Gasteiger partial charge on any atom is -0.356 e. The third-order valence-electron chi connectivity index (χ3n) is 12.4. The maximum Gasteiger partial charge on any atom is 0.0470 e. The highest BCUT2D eigenvalue weighted by Crippen LogP contribution is 2.47. The van der Waals surface area contributed by atoms with Crippen LogP contribution in [0.1, 0.15) is 22.3 Å². The van der Waals surface area contributed by atoms with E-state index in [1.165, 1.54) is 22.3 Å². The van der Waals surface area contributed by atoms with E-state index in [1.54, 1.807) is 0 Å². The molecule has 0 aliphatic carbocycles. The second kappa shape index (κ2) is 19.5. The Morgan fingerprint density at radius 2 is 0.632 bits per heavy atom. The van der Waals surface area contributed by atoms with Crippen LogP contribution in [0, 0.1) is 27.7 Å². The van der Waals surface area contributed by atoms with E-state index in [1.807, 2.05) is 6.07 Å². The molecule has 0 aliphatic rings. The smallest absolute Gasteiger partial charge is 0.0470 e. The quantitative estimate of drug-likeness (QED) is 0.121. The Balaban J connectivity index is 1.16. The van der Waals surface area contributed by atoms with Crippen LogP contribution in [-0.4, -0.2) is 0 Å². The van der Waals surface area contributed by atoms with Gasteiger partial charge in [-0.1, -0.05) is 127 Å². The van der Waals surface area contributed by atoms with Crippen LogP contribution in [-0.2, 0) is 0 Å². The highest BCUT2D eigenvalue weighted by molar-refractivity contribution is 6.02. The molecule has 0 saturated carbocycles. The van der Waals surface area contributed by atoms with Gasteiger partial charge >= 0.3 is 0 Å². The van der Waals surface area contributed by atoms with Crippen molar-refractivity contribution in [3.63, 3.8) is 0 Å². The summed E-state index contributed by atoms with van der Waals surface area (Å²) in [6, 6.07) is 87.2. The molecule has 0 amide bonds. The van der Waals surface area contributed by atoms with E-state index in [0.29, 0.717) is 0 Å². The van der Waals surface area contributed by atoms with E-state index in [4.69, 9.17) is 0 Å². The molecule has 0 aliphatic heterocycles. The van der Waals surface area contributed by atoms with Gasteiger partial charge in [0.05, 0.1) is 0 Å². The third-order valence-corrected chi connectivity index (χ3v) is 12.4. The van der Waals surface area contributed by atoms with E-state index < -0.39 is 0 Å². The molecule has 68 heavy (non-hydrogen) atoms. The van der Waals surface area contributed by atoms with Crippen molar-refractivity contribution in [2.45, 2.75) is 27.7 Å². The average Bonchev–Trinajstić information content (AvgIpc) is 3.36. The zero-order valence-electron chi connectivity index (χ0n) is 39.0. The molecule has 4 nitrogen and oxygen atoms in total. The minimum absolute atomic E-state index is 1.02. The van der Waals surface area contributed by atoms with Crippen LogP contribution in [0.4, 0.5) is 56.9 Å². The summed E-state index contributed by atoms with van der Waals surface area (Å²) in [7, 11) is 0. The van der Waals surface area contributed by atoms with Crippen LogP contribution in [0.2, 0.25) is 0 Å². The number of para-hydroxylation sites is 2. The summed E-state index contributed by atoms with van der Waals surface area (Å²) in [5.74, 6) is 0. The van der Waals surface area contributed by atoms with Crippen molar-refractivity contribution in [1.29, 1.82) is 0 Å². The number of anilines is 10. The first-order valence-corrected chi connectivity index (χ1v) is 23.3. The number of aryl methyl sites for hydroxylation is 4. The number of hydrogen-bond acceptors (Lipinski definition) is 4. The fourth-order valence-electron chi connectivity index (χ4n) is 9.16. The van der Waals surface area contributed by atoms with Gasteiger partial charge in [0.2, 0.25) is 0 Å². The Labute approximate surface area is 401 Å². The molecule has 0 spiro atoms. The molecule has 0 fully saturated rings. The fraction of sp³-hybridized carbons (Fsp3) is 0.0625. The van der Waals surface area contributed by atoms with Crippen LogP contribution >= 0.6 is 0 Å². The molecule has 0 bridgehead atoms. The molecule has 10 rings (SSSR count). The lowest BCUT2D eigenvalue weighted by atomic mass is 9.86. The van der Waals surface area contributed by atoms with E-state index >= 15 is 0 Å². The van der Waals surface area contributed by atoms with Crippen LogP contribution in [0.5, 0.6) is 0 Å². The Hall–Kier alpha value is -8.60. The molecule has 10 aromatic carbocycles. The Morgan fingerprint density at radius 1 is 0.265 bits per heavy atom. The van der Waals surface area contributed by atoms with Crippen LogP contribution in [0.15, 0.2) is 243 Å². The molecule has 0 aromatic heterocycles. The molecule has 0 unspecified atom stereocenters.